The van der Waals surface area contributed by atoms with Crippen molar-refractivity contribution in [3.8, 4) is 66.8 Å². The smallest absolute Gasteiger partial charge is 0.143 e. The zero-order valence-corrected chi connectivity index (χ0v) is 42.1. The Labute approximate surface area is 448 Å². The van der Waals surface area contributed by atoms with Gasteiger partial charge in [-0.05, 0) is 123 Å². The molecule has 0 fully saturated rings. The zero-order valence-electron chi connectivity index (χ0n) is 42.1. The second kappa shape index (κ2) is 14.5. The number of para-hydroxylation sites is 2. The van der Waals surface area contributed by atoms with Gasteiger partial charge in [0, 0.05) is 43.8 Å². The summed E-state index contributed by atoms with van der Waals surface area (Å²) in [6, 6.07) is 95.0. The van der Waals surface area contributed by atoms with Gasteiger partial charge in [-0.3, -0.25) is 0 Å². The monoisotopic (exact) mass is 986 g/mol. The molecule has 0 saturated heterocycles. The lowest BCUT2D eigenvalue weighted by Gasteiger charge is -2.30. The van der Waals surface area contributed by atoms with Crippen LogP contribution in [-0.2, 0) is 10.8 Å². The molecule has 78 heavy (non-hydrogen) atoms. The first-order chi connectivity index (χ1) is 38.7. The number of fused-ring (bicyclic) bond motifs is 30. The number of hydrogen-bond donors (Lipinski definition) is 0. The molecule has 15 aromatic rings. The minimum atomic E-state index is -0.444. The van der Waals surface area contributed by atoms with Crippen LogP contribution in [0.15, 0.2) is 264 Å². The molecule has 0 aliphatic heterocycles. The summed E-state index contributed by atoms with van der Waals surface area (Å²) in [6.07, 6.45) is 0. The molecule has 0 bridgehead atoms. The predicted octanol–water partition coefficient (Wildman–Crippen LogP) is 19.8. The average molecular weight is 987 g/mol. The quantitative estimate of drug-likeness (QED) is 0.161. The van der Waals surface area contributed by atoms with E-state index < -0.39 is 10.8 Å². The molecule has 0 amide bonds. The summed E-state index contributed by atoms with van der Waals surface area (Å²) in [5.41, 5.74) is 28.1. The third kappa shape index (κ3) is 4.68. The highest BCUT2D eigenvalue weighted by molar-refractivity contribution is 6.28. The Bertz CT molecular complexity index is 4760. The van der Waals surface area contributed by atoms with Crippen molar-refractivity contribution in [3.05, 3.63) is 299 Å². The molecule has 0 atom stereocenters. The van der Waals surface area contributed by atoms with Gasteiger partial charge < -0.3 is 8.83 Å². The van der Waals surface area contributed by atoms with Crippen LogP contribution in [0, 0.1) is 0 Å². The summed E-state index contributed by atoms with van der Waals surface area (Å²) in [4.78, 5) is 0. The first-order valence-corrected chi connectivity index (χ1v) is 27.2. The van der Waals surface area contributed by atoms with Gasteiger partial charge in [0.2, 0.25) is 0 Å². The van der Waals surface area contributed by atoms with Crippen molar-refractivity contribution in [2.45, 2.75) is 10.8 Å². The van der Waals surface area contributed by atoms with E-state index in [9.17, 15) is 0 Å². The van der Waals surface area contributed by atoms with E-state index in [1.54, 1.807) is 0 Å². The van der Waals surface area contributed by atoms with Crippen LogP contribution in [0.4, 0.5) is 0 Å². The molecule has 2 heterocycles. The fraction of sp³-hybridized carbons (Fsp3) is 0.0263. The largest absolute Gasteiger partial charge is 0.455 e. The second-order valence-electron chi connectivity index (χ2n) is 21.9. The molecule has 0 saturated carbocycles. The molecule has 0 unspecified atom stereocenters. The van der Waals surface area contributed by atoms with E-state index in [1.165, 1.54) is 99.8 Å². The first kappa shape index (κ1) is 41.3. The highest BCUT2D eigenvalue weighted by Gasteiger charge is 2.54. The van der Waals surface area contributed by atoms with Gasteiger partial charge in [-0.2, -0.15) is 0 Å². The molecular formula is C76H42O2. The molecule has 358 valence electrons. The summed E-state index contributed by atoms with van der Waals surface area (Å²) in [5.74, 6) is 0. The van der Waals surface area contributed by atoms with E-state index >= 15 is 0 Å². The lowest BCUT2D eigenvalue weighted by Crippen LogP contribution is -2.25. The lowest BCUT2D eigenvalue weighted by molar-refractivity contribution is 0.669. The van der Waals surface area contributed by atoms with Gasteiger partial charge in [0.25, 0.3) is 0 Å². The molecular weight excluding hydrogens is 945 g/mol. The lowest BCUT2D eigenvalue weighted by atomic mass is 9.70. The molecule has 0 radical (unpaired) electrons. The summed E-state index contributed by atoms with van der Waals surface area (Å²) >= 11 is 0. The molecule has 13 aromatic carbocycles. The van der Waals surface area contributed by atoms with Crippen LogP contribution < -0.4 is 0 Å². The summed E-state index contributed by atoms with van der Waals surface area (Å²) in [6.45, 7) is 0. The van der Waals surface area contributed by atoms with Crippen LogP contribution in [-0.4, -0.2) is 0 Å². The molecule has 2 heteroatoms. The number of benzene rings is 13. The van der Waals surface area contributed by atoms with Crippen molar-refractivity contribution in [1.82, 2.24) is 0 Å². The zero-order chi connectivity index (χ0) is 50.6. The van der Waals surface area contributed by atoms with Crippen molar-refractivity contribution < 1.29 is 8.83 Å². The van der Waals surface area contributed by atoms with Gasteiger partial charge in [-0.15, -0.1) is 0 Å². The standard InChI is InChI=1S/C76H42O2/c1-2-24-48-47(23-1)67(53-29-17-31-55-71-65(77-73(53)55)41-39-63-69(71)51-27-9-15-37-61(51)75(63)57-33-11-5-19-43(57)44-20-6-12-34-58(44)75)49-25-3-4-26-50(49)68(48)54-30-18-32-56-72-66(78-74(54)56)42-40-64-70(72)52-28-10-16-38-62(52)76(64)59-35-13-7-21-45(59)46-22-8-14-36-60(46)76/h1-42H. The molecule has 2 aromatic heterocycles. The van der Waals surface area contributed by atoms with E-state index in [0.717, 1.165) is 76.9 Å². The summed E-state index contributed by atoms with van der Waals surface area (Å²) in [7, 11) is 0. The number of furan rings is 2. The van der Waals surface area contributed by atoms with Gasteiger partial charge in [-0.1, -0.05) is 243 Å². The first-order valence-electron chi connectivity index (χ1n) is 27.2. The molecule has 2 nitrogen and oxygen atoms in total. The van der Waals surface area contributed by atoms with E-state index in [1.807, 2.05) is 0 Å². The maximum atomic E-state index is 7.29. The molecule has 4 aliphatic carbocycles. The van der Waals surface area contributed by atoms with E-state index in [4.69, 9.17) is 8.83 Å². The van der Waals surface area contributed by atoms with Crippen molar-refractivity contribution in [3.63, 3.8) is 0 Å². The summed E-state index contributed by atoms with van der Waals surface area (Å²) in [5, 5.41) is 9.23. The van der Waals surface area contributed by atoms with Gasteiger partial charge in [0.1, 0.15) is 22.3 Å². The maximum Gasteiger partial charge on any atom is 0.143 e. The minimum absolute atomic E-state index is 0.444. The van der Waals surface area contributed by atoms with Crippen LogP contribution in [0.3, 0.4) is 0 Å². The Hall–Kier alpha value is -10.0. The highest BCUT2D eigenvalue weighted by atomic mass is 16.3. The van der Waals surface area contributed by atoms with Gasteiger partial charge in [-0.25, -0.2) is 0 Å². The van der Waals surface area contributed by atoms with Crippen molar-refractivity contribution in [2.75, 3.05) is 0 Å². The second-order valence-corrected chi connectivity index (χ2v) is 21.9. The maximum absolute atomic E-state index is 7.29. The highest BCUT2D eigenvalue weighted by Crippen LogP contribution is 2.66. The van der Waals surface area contributed by atoms with Crippen molar-refractivity contribution >= 4 is 65.4 Å². The van der Waals surface area contributed by atoms with Crippen LogP contribution >= 0.6 is 0 Å². The third-order valence-electron chi connectivity index (χ3n) is 18.7. The van der Waals surface area contributed by atoms with Crippen molar-refractivity contribution in [2.24, 2.45) is 0 Å². The third-order valence-corrected chi connectivity index (χ3v) is 18.7. The van der Waals surface area contributed by atoms with E-state index in [2.05, 4.69) is 255 Å². The van der Waals surface area contributed by atoms with Crippen LogP contribution in [0.5, 0.6) is 0 Å². The van der Waals surface area contributed by atoms with Crippen molar-refractivity contribution in [1.29, 1.82) is 0 Å². The Kier molecular flexibility index (Phi) is 7.65. The van der Waals surface area contributed by atoms with Crippen LogP contribution in [0.1, 0.15) is 44.5 Å². The fourth-order valence-electron chi connectivity index (χ4n) is 16.0. The minimum Gasteiger partial charge on any atom is -0.455 e. The average Bonchev–Trinajstić information content (AvgIpc) is 3.21. The van der Waals surface area contributed by atoms with Crippen LogP contribution in [0.2, 0.25) is 0 Å². The molecule has 4 aliphatic rings. The van der Waals surface area contributed by atoms with E-state index in [0.29, 0.717) is 0 Å². The summed E-state index contributed by atoms with van der Waals surface area (Å²) < 4.78 is 14.6. The number of hydrogen-bond acceptors (Lipinski definition) is 2. The van der Waals surface area contributed by atoms with E-state index in [-0.39, 0.29) is 0 Å². The Morgan fingerprint density at radius 3 is 0.808 bits per heavy atom. The van der Waals surface area contributed by atoms with Gasteiger partial charge in [0.15, 0.2) is 0 Å². The Balaban J connectivity index is 0.851. The van der Waals surface area contributed by atoms with Gasteiger partial charge in [0.05, 0.1) is 10.8 Å². The van der Waals surface area contributed by atoms with Gasteiger partial charge >= 0.3 is 0 Å². The topological polar surface area (TPSA) is 26.3 Å². The van der Waals surface area contributed by atoms with Crippen LogP contribution in [0.25, 0.3) is 132 Å². The molecule has 0 N–H and O–H groups in total. The predicted molar refractivity (Wildman–Crippen MR) is 319 cm³/mol. The Morgan fingerprint density at radius 2 is 0.462 bits per heavy atom. The normalized spacial score (nSPS) is 14.4. The molecule has 19 rings (SSSR count). The SMILES string of the molecule is c1ccc2c(c1)-c1ccccc1C21c2ccccc2-c2c1ccc1oc3c(-c4c5ccccc5c(-c5cccc6c5oc5ccc7c(c56)-c5ccccc5C75c6ccccc6-c6ccccc65)c5ccccc45)cccc3c21. The number of rotatable bonds is 2. The fourth-order valence-corrected chi connectivity index (χ4v) is 16.0. The molecule has 2 spiro atoms. The Morgan fingerprint density at radius 1 is 0.192 bits per heavy atom.